The molecule has 0 saturated carbocycles. The van der Waals surface area contributed by atoms with Gasteiger partial charge in [-0.05, 0) is 47.4 Å². The summed E-state index contributed by atoms with van der Waals surface area (Å²) in [5.41, 5.74) is 3.03. The van der Waals surface area contributed by atoms with Crippen molar-refractivity contribution in [3.63, 3.8) is 0 Å². The van der Waals surface area contributed by atoms with E-state index < -0.39 is 0 Å². The SMILES string of the molecule is CC(CCC(C)(C)c1ccncc1)c1ccccc1. The number of aromatic nitrogens is 1. The second kappa shape index (κ2) is 6.01. The number of hydrogen-bond acceptors (Lipinski definition) is 1. The van der Waals surface area contributed by atoms with Gasteiger partial charge in [0.25, 0.3) is 0 Å². The van der Waals surface area contributed by atoms with Crippen LogP contribution in [0.1, 0.15) is 50.7 Å². The molecule has 1 aromatic heterocycles. The highest BCUT2D eigenvalue weighted by Crippen LogP contribution is 2.32. The normalized spacial score (nSPS) is 13.2. The Bertz CT molecular complexity index is 488. The molecule has 1 nitrogen and oxygen atoms in total. The van der Waals surface area contributed by atoms with Crippen LogP contribution in [-0.4, -0.2) is 4.98 Å². The lowest BCUT2D eigenvalue weighted by Crippen LogP contribution is -2.18. The van der Waals surface area contributed by atoms with Crippen LogP contribution >= 0.6 is 0 Å². The molecular formula is C18H23N. The van der Waals surface area contributed by atoms with E-state index in [1.807, 2.05) is 12.4 Å². The molecule has 0 saturated heterocycles. The Morgan fingerprint density at radius 3 is 2.26 bits per heavy atom. The lowest BCUT2D eigenvalue weighted by Gasteiger charge is -2.26. The van der Waals surface area contributed by atoms with Gasteiger partial charge >= 0.3 is 0 Å². The minimum atomic E-state index is 0.214. The molecule has 0 aliphatic carbocycles. The molecule has 1 heterocycles. The second-order valence-corrected chi connectivity index (χ2v) is 5.97. The average Bonchev–Trinajstić information content (AvgIpc) is 2.47. The second-order valence-electron chi connectivity index (χ2n) is 5.97. The van der Waals surface area contributed by atoms with Crippen LogP contribution in [0.2, 0.25) is 0 Å². The van der Waals surface area contributed by atoms with Gasteiger partial charge in [-0.3, -0.25) is 4.98 Å². The van der Waals surface area contributed by atoms with Gasteiger partial charge in [0.1, 0.15) is 0 Å². The molecule has 0 spiro atoms. The van der Waals surface area contributed by atoms with E-state index in [0.29, 0.717) is 5.92 Å². The molecule has 2 rings (SSSR count). The topological polar surface area (TPSA) is 12.9 Å². The minimum Gasteiger partial charge on any atom is -0.265 e. The minimum absolute atomic E-state index is 0.214. The first-order chi connectivity index (χ1) is 9.09. The van der Waals surface area contributed by atoms with Crippen molar-refractivity contribution in [2.24, 2.45) is 0 Å². The summed E-state index contributed by atoms with van der Waals surface area (Å²) in [6.07, 6.45) is 6.17. The first-order valence-electron chi connectivity index (χ1n) is 7.05. The Kier molecular flexibility index (Phi) is 4.36. The first kappa shape index (κ1) is 13.8. The van der Waals surface area contributed by atoms with E-state index in [1.165, 1.54) is 24.0 Å². The van der Waals surface area contributed by atoms with Crippen molar-refractivity contribution in [3.8, 4) is 0 Å². The van der Waals surface area contributed by atoms with Crippen LogP contribution in [0.15, 0.2) is 54.9 Å². The van der Waals surface area contributed by atoms with Gasteiger partial charge in [0.05, 0.1) is 0 Å². The molecule has 1 aromatic carbocycles. The van der Waals surface area contributed by atoms with Crippen LogP contribution in [-0.2, 0) is 5.41 Å². The maximum absolute atomic E-state index is 4.10. The van der Waals surface area contributed by atoms with Crippen LogP contribution in [0.25, 0.3) is 0 Å². The van der Waals surface area contributed by atoms with Crippen LogP contribution in [0.4, 0.5) is 0 Å². The van der Waals surface area contributed by atoms with E-state index in [9.17, 15) is 0 Å². The highest BCUT2D eigenvalue weighted by atomic mass is 14.6. The van der Waals surface area contributed by atoms with Crippen molar-refractivity contribution in [2.75, 3.05) is 0 Å². The van der Waals surface area contributed by atoms with Gasteiger partial charge in [-0.2, -0.15) is 0 Å². The number of benzene rings is 1. The van der Waals surface area contributed by atoms with Gasteiger partial charge in [0.15, 0.2) is 0 Å². The molecule has 0 amide bonds. The predicted molar refractivity (Wildman–Crippen MR) is 81.4 cm³/mol. The molecule has 1 heteroatoms. The molecule has 1 atom stereocenters. The van der Waals surface area contributed by atoms with Gasteiger partial charge in [-0.1, -0.05) is 51.1 Å². The van der Waals surface area contributed by atoms with E-state index in [-0.39, 0.29) is 5.41 Å². The summed E-state index contributed by atoms with van der Waals surface area (Å²) in [4.78, 5) is 4.10. The predicted octanol–water partition coefficient (Wildman–Crippen LogP) is 4.94. The van der Waals surface area contributed by atoms with Crippen molar-refractivity contribution in [2.45, 2.75) is 44.9 Å². The highest BCUT2D eigenvalue weighted by Gasteiger charge is 2.21. The van der Waals surface area contributed by atoms with E-state index in [4.69, 9.17) is 0 Å². The smallest absolute Gasteiger partial charge is 0.0270 e. The third-order valence-electron chi connectivity index (χ3n) is 4.03. The molecule has 0 N–H and O–H groups in total. The van der Waals surface area contributed by atoms with E-state index in [2.05, 4.69) is 68.2 Å². The first-order valence-corrected chi connectivity index (χ1v) is 7.05. The monoisotopic (exact) mass is 253 g/mol. The Morgan fingerprint density at radius 1 is 1.00 bits per heavy atom. The van der Waals surface area contributed by atoms with Crippen LogP contribution in [0, 0.1) is 0 Å². The molecule has 0 radical (unpaired) electrons. The van der Waals surface area contributed by atoms with Crippen LogP contribution < -0.4 is 0 Å². The zero-order chi connectivity index (χ0) is 13.7. The summed E-state index contributed by atoms with van der Waals surface area (Å²) in [7, 11) is 0. The van der Waals surface area contributed by atoms with Crippen molar-refractivity contribution >= 4 is 0 Å². The van der Waals surface area contributed by atoms with E-state index in [0.717, 1.165) is 0 Å². The standard InChI is InChI=1S/C18H23N/c1-15(16-7-5-4-6-8-16)9-12-18(2,3)17-10-13-19-14-11-17/h4-8,10-11,13-15H,9,12H2,1-3H3. The molecule has 100 valence electrons. The summed E-state index contributed by atoms with van der Waals surface area (Å²) in [6, 6.07) is 15.0. The molecule has 19 heavy (non-hydrogen) atoms. The fraction of sp³-hybridized carbons (Fsp3) is 0.389. The van der Waals surface area contributed by atoms with Crippen molar-refractivity contribution < 1.29 is 0 Å². The number of hydrogen-bond donors (Lipinski definition) is 0. The maximum atomic E-state index is 4.10. The number of pyridine rings is 1. The largest absolute Gasteiger partial charge is 0.265 e. The molecule has 1 unspecified atom stereocenters. The van der Waals surface area contributed by atoms with Gasteiger partial charge in [-0.15, -0.1) is 0 Å². The molecule has 0 bridgehead atoms. The molecule has 0 fully saturated rings. The third-order valence-corrected chi connectivity index (χ3v) is 4.03. The van der Waals surface area contributed by atoms with Crippen molar-refractivity contribution in [3.05, 3.63) is 66.0 Å². The van der Waals surface area contributed by atoms with Gasteiger partial charge in [0.2, 0.25) is 0 Å². The maximum Gasteiger partial charge on any atom is 0.0270 e. The van der Waals surface area contributed by atoms with Crippen molar-refractivity contribution in [1.82, 2.24) is 4.98 Å². The van der Waals surface area contributed by atoms with Crippen LogP contribution in [0.5, 0.6) is 0 Å². The lowest BCUT2D eigenvalue weighted by molar-refractivity contribution is 0.439. The van der Waals surface area contributed by atoms with Gasteiger partial charge in [0, 0.05) is 12.4 Å². The summed E-state index contributed by atoms with van der Waals surface area (Å²) in [5, 5.41) is 0. The molecule has 0 aliphatic rings. The summed E-state index contributed by atoms with van der Waals surface area (Å²) < 4.78 is 0. The Morgan fingerprint density at radius 2 is 1.63 bits per heavy atom. The Hall–Kier alpha value is -1.63. The van der Waals surface area contributed by atoms with Crippen LogP contribution in [0.3, 0.4) is 0 Å². The number of nitrogens with zero attached hydrogens (tertiary/aromatic N) is 1. The molecule has 2 aromatic rings. The molecule has 0 aliphatic heterocycles. The summed E-state index contributed by atoms with van der Waals surface area (Å²) >= 11 is 0. The Labute approximate surface area is 116 Å². The molecular weight excluding hydrogens is 230 g/mol. The summed E-state index contributed by atoms with van der Waals surface area (Å²) in [5.74, 6) is 0.613. The highest BCUT2D eigenvalue weighted by molar-refractivity contribution is 5.22. The quantitative estimate of drug-likeness (QED) is 0.735. The fourth-order valence-corrected chi connectivity index (χ4v) is 2.47. The zero-order valence-corrected chi connectivity index (χ0v) is 12.1. The van der Waals surface area contributed by atoms with E-state index >= 15 is 0 Å². The van der Waals surface area contributed by atoms with Gasteiger partial charge < -0.3 is 0 Å². The summed E-state index contributed by atoms with van der Waals surface area (Å²) in [6.45, 7) is 6.96. The Balaban J connectivity index is 1.99. The number of rotatable bonds is 5. The van der Waals surface area contributed by atoms with Gasteiger partial charge in [-0.25, -0.2) is 0 Å². The lowest BCUT2D eigenvalue weighted by atomic mass is 9.78. The fourth-order valence-electron chi connectivity index (χ4n) is 2.47. The zero-order valence-electron chi connectivity index (χ0n) is 12.1. The van der Waals surface area contributed by atoms with E-state index in [1.54, 1.807) is 0 Å². The average molecular weight is 253 g/mol. The third kappa shape index (κ3) is 3.66. The van der Waals surface area contributed by atoms with Crippen molar-refractivity contribution in [1.29, 1.82) is 0 Å².